The van der Waals surface area contributed by atoms with Crippen molar-refractivity contribution in [2.75, 3.05) is 5.88 Å². The van der Waals surface area contributed by atoms with Crippen molar-refractivity contribution in [2.24, 2.45) is 0 Å². The summed E-state index contributed by atoms with van der Waals surface area (Å²) in [5, 5.41) is 1.94. The smallest absolute Gasteiger partial charge is 0.196 e. The molecule has 2 rings (SSSR count). The van der Waals surface area contributed by atoms with Crippen molar-refractivity contribution in [3.8, 4) is 11.3 Å². The minimum atomic E-state index is 0.518. The standard InChI is InChI=1S/C9H7Cl2NOS/c10-2-1-9-12-4-7(13-9)6-3-8(11)14-5-6/h3-5H,1-2H2. The van der Waals surface area contributed by atoms with Crippen molar-refractivity contribution in [1.82, 2.24) is 4.98 Å². The highest BCUT2D eigenvalue weighted by molar-refractivity contribution is 7.14. The van der Waals surface area contributed by atoms with Gasteiger partial charge < -0.3 is 4.42 Å². The molecule has 2 heterocycles. The van der Waals surface area contributed by atoms with Crippen LogP contribution in [0.2, 0.25) is 4.34 Å². The number of aryl methyl sites for hydroxylation is 1. The summed E-state index contributed by atoms with van der Waals surface area (Å²) in [4.78, 5) is 4.10. The van der Waals surface area contributed by atoms with Gasteiger partial charge in [0.1, 0.15) is 0 Å². The van der Waals surface area contributed by atoms with Gasteiger partial charge in [-0.3, -0.25) is 0 Å². The van der Waals surface area contributed by atoms with Gasteiger partial charge in [-0.2, -0.15) is 0 Å². The van der Waals surface area contributed by atoms with Gasteiger partial charge in [-0.25, -0.2) is 4.98 Å². The summed E-state index contributed by atoms with van der Waals surface area (Å²) < 4.78 is 6.22. The van der Waals surface area contributed by atoms with E-state index >= 15 is 0 Å². The van der Waals surface area contributed by atoms with Crippen molar-refractivity contribution in [3.05, 3.63) is 27.9 Å². The van der Waals surface area contributed by atoms with Crippen LogP contribution >= 0.6 is 34.5 Å². The highest BCUT2D eigenvalue weighted by Gasteiger charge is 2.07. The van der Waals surface area contributed by atoms with E-state index in [0.29, 0.717) is 18.2 Å². The molecule has 0 unspecified atom stereocenters. The van der Waals surface area contributed by atoms with Crippen molar-refractivity contribution in [2.45, 2.75) is 6.42 Å². The lowest BCUT2D eigenvalue weighted by Crippen LogP contribution is -1.83. The predicted octanol–water partition coefficient (Wildman–Crippen LogP) is 3.84. The summed E-state index contributed by atoms with van der Waals surface area (Å²) in [6.07, 6.45) is 2.35. The number of rotatable bonds is 3. The van der Waals surface area contributed by atoms with Crippen LogP contribution in [0, 0.1) is 0 Å². The zero-order valence-electron chi connectivity index (χ0n) is 7.17. The molecule has 0 fully saturated rings. The van der Waals surface area contributed by atoms with E-state index in [1.807, 2.05) is 11.4 Å². The molecule has 5 heteroatoms. The SMILES string of the molecule is ClCCc1ncc(-c2csc(Cl)c2)o1. The lowest BCUT2D eigenvalue weighted by atomic mass is 10.3. The van der Waals surface area contributed by atoms with Crippen LogP contribution < -0.4 is 0 Å². The van der Waals surface area contributed by atoms with E-state index in [1.54, 1.807) is 6.20 Å². The van der Waals surface area contributed by atoms with Crippen LogP contribution in [-0.2, 0) is 6.42 Å². The second-order valence-electron chi connectivity index (χ2n) is 2.70. The first kappa shape index (κ1) is 10.0. The maximum atomic E-state index is 5.81. The fraction of sp³-hybridized carbons (Fsp3) is 0.222. The fourth-order valence-electron chi connectivity index (χ4n) is 1.08. The van der Waals surface area contributed by atoms with Crippen molar-refractivity contribution in [3.63, 3.8) is 0 Å². The summed E-state index contributed by atoms with van der Waals surface area (Å²) in [6.45, 7) is 0. The Labute approximate surface area is 95.5 Å². The molecule has 0 aliphatic carbocycles. The molecule has 0 radical (unpaired) electrons. The Hall–Kier alpha value is -0.510. The molecule has 74 valence electrons. The van der Waals surface area contributed by atoms with E-state index in [-0.39, 0.29) is 0 Å². The van der Waals surface area contributed by atoms with E-state index in [0.717, 1.165) is 15.7 Å². The average molecular weight is 248 g/mol. The first-order chi connectivity index (χ1) is 6.79. The molecule has 0 amide bonds. The predicted molar refractivity (Wildman–Crippen MR) is 59.3 cm³/mol. The molecule has 2 aromatic heterocycles. The quantitative estimate of drug-likeness (QED) is 0.771. The lowest BCUT2D eigenvalue weighted by molar-refractivity contribution is 0.515. The molecular formula is C9H7Cl2NOS. The largest absolute Gasteiger partial charge is 0.441 e. The number of nitrogens with zero attached hydrogens (tertiary/aromatic N) is 1. The zero-order chi connectivity index (χ0) is 9.97. The van der Waals surface area contributed by atoms with Crippen molar-refractivity contribution in [1.29, 1.82) is 0 Å². The van der Waals surface area contributed by atoms with E-state index in [1.165, 1.54) is 11.3 Å². The van der Waals surface area contributed by atoms with Gasteiger partial charge in [0.05, 0.1) is 10.5 Å². The van der Waals surface area contributed by atoms with Crippen LogP contribution in [0.15, 0.2) is 22.1 Å². The number of thiophene rings is 1. The zero-order valence-corrected chi connectivity index (χ0v) is 9.49. The summed E-state index contributed by atoms with van der Waals surface area (Å²) in [7, 11) is 0. The molecule has 2 nitrogen and oxygen atoms in total. The molecule has 0 saturated heterocycles. The van der Waals surface area contributed by atoms with E-state index in [9.17, 15) is 0 Å². The second-order valence-corrected chi connectivity index (χ2v) is 4.62. The summed E-state index contributed by atoms with van der Waals surface area (Å²) in [5.41, 5.74) is 0.966. The van der Waals surface area contributed by atoms with E-state index in [2.05, 4.69) is 4.98 Å². The minimum Gasteiger partial charge on any atom is -0.441 e. The normalized spacial score (nSPS) is 10.7. The Morgan fingerprint density at radius 3 is 3.00 bits per heavy atom. The topological polar surface area (TPSA) is 26.0 Å². The molecule has 0 aromatic carbocycles. The third-order valence-electron chi connectivity index (χ3n) is 1.71. The molecule has 0 N–H and O–H groups in total. The minimum absolute atomic E-state index is 0.518. The summed E-state index contributed by atoms with van der Waals surface area (Å²) >= 11 is 12.9. The van der Waals surface area contributed by atoms with Crippen LogP contribution in [0.4, 0.5) is 0 Å². The molecule has 2 aromatic rings. The van der Waals surface area contributed by atoms with Gasteiger partial charge in [-0.05, 0) is 6.07 Å². The summed E-state index contributed by atoms with van der Waals surface area (Å²) in [5.74, 6) is 1.93. The average Bonchev–Trinajstić information content (AvgIpc) is 2.74. The maximum absolute atomic E-state index is 5.81. The number of halogens is 2. The Kier molecular flexibility index (Phi) is 3.11. The number of aromatic nitrogens is 1. The van der Waals surface area contributed by atoms with E-state index < -0.39 is 0 Å². The van der Waals surface area contributed by atoms with Crippen LogP contribution in [0.5, 0.6) is 0 Å². The monoisotopic (exact) mass is 247 g/mol. The Bertz CT molecular complexity index is 424. The molecule has 0 saturated carbocycles. The van der Waals surface area contributed by atoms with Crippen LogP contribution in [0.3, 0.4) is 0 Å². The van der Waals surface area contributed by atoms with Gasteiger partial charge in [0.2, 0.25) is 0 Å². The lowest BCUT2D eigenvalue weighted by Gasteiger charge is -1.89. The molecule has 0 atom stereocenters. The Balaban J connectivity index is 2.24. The number of alkyl halides is 1. The summed E-state index contributed by atoms with van der Waals surface area (Å²) in [6, 6.07) is 1.86. The van der Waals surface area contributed by atoms with Crippen molar-refractivity contribution < 1.29 is 4.42 Å². The van der Waals surface area contributed by atoms with Crippen LogP contribution in [0.1, 0.15) is 5.89 Å². The number of oxazole rings is 1. The molecule has 0 aliphatic rings. The Morgan fingerprint density at radius 1 is 1.50 bits per heavy atom. The fourth-order valence-corrected chi connectivity index (χ4v) is 2.11. The second kappa shape index (κ2) is 4.34. The highest BCUT2D eigenvalue weighted by atomic mass is 35.5. The van der Waals surface area contributed by atoms with Gasteiger partial charge in [-0.15, -0.1) is 22.9 Å². The first-order valence-corrected chi connectivity index (χ1v) is 5.84. The number of hydrogen-bond acceptors (Lipinski definition) is 3. The van der Waals surface area contributed by atoms with Gasteiger partial charge in [0, 0.05) is 23.2 Å². The third kappa shape index (κ3) is 2.11. The van der Waals surface area contributed by atoms with Gasteiger partial charge in [0.15, 0.2) is 11.7 Å². The first-order valence-electron chi connectivity index (χ1n) is 4.04. The molecule has 0 bridgehead atoms. The van der Waals surface area contributed by atoms with Crippen LogP contribution in [-0.4, -0.2) is 10.9 Å². The van der Waals surface area contributed by atoms with Gasteiger partial charge in [0.25, 0.3) is 0 Å². The molecular weight excluding hydrogens is 241 g/mol. The molecule has 0 spiro atoms. The Morgan fingerprint density at radius 2 is 2.36 bits per heavy atom. The molecule has 14 heavy (non-hydrogen) atoms. The van der Waals surface area contributed by atoms with Gasteiger partial charge >= 0.3 is 0 Å². The van der Waals surface area contributed by atoms with Crippen LogP contribution in [0.25, 0.3) is 11.3 Å². The van der Waals surface area contributed by atoms with Gasteiger partial charge in [-0.1, -0.05) is 11.6 Å². The highest BCUT2D eigenvalue weighted by Crippen LogP contribution is 2.29. The van der Waals surface area contributed by atoms with Crippen molar-refractivity contribution >= 4 is 34.5 Å². The molecule has 0 aliphatic heterocycles. The van der Waals surface area contributed by atoms with E-state index in [4.69, 9.17) is 27.6 Å². The third-order valence-corrected chi connectivity index (χ3v) is 2.99. The number of hydrogen-bond donors (Lipinski definition) is 0. The maximum Gasteiger partial charge on any atom is 0.196 e.